The Kier molecular flexibility index (Phi) is 4.94. The van der Waals surface area contributed by atoms with Crippen molar-refractivity contribution in [3.05, 3.63) is 4.88 Å². The van der Waals surface area contributed by atoms with Crippen LogP contribution in [0.5, 0.6) is 0 Å². The molecule has 19 heavy (non-hydrogen) atoms. The van der Waals surface area contributed by atoms with Crippen molar-refractivity contribution in [1.29, 1.82) is 0 Å². The third-order valence-electron chi connectivity index (χ3n) is 2.89. The normalized spacial score (nSPS) is 16.3. The second-order valence-electron chi connectivity index (χ2n) is 4.19. The van der Waals surface area contributed by atoms with E-state index in [1.807, 2.05) is 0 Å². The number of nitrogens with two attached hydrogens (primary N) is 1. The average molecular weight is 285 g/mol. The molecule has 0 unspecified atom stereocenters. The zero-order valence-corrected chi connectivity index (χ0v) is 11.8. The van der Waals surface area contributed by atoms with Crippen molar-refractivity contribution in [3.63, 3.8) is 0 Å². The van der Waals surface area contributed by atoms with Gasteiger partial charge in [-0.15, -0.1) is 0 Å². The van der Waals surface area contributed by atoms with Gasteiger partial charge in [0.1, 0.15) is 10.7 Å². The Labute approximate surface area is 116 Å². The van der Waals surface area contributed by atoms with Gasteiger partial charge in [0.25, 0.3) is 5.91 Å². The number of morpholine rings is 1. The quantitative estimate of drug-likeness (QED) is 0.695. The number of nitrogen functional groups attached to an aromatic ring is 1. The van der Waals surface area contributed by atoms with Gasteiger partial charge >= 0.3 is 0 Å². The summed E-state index contributed by atoms with van der Waals surface area (Å²) in [6.07, 6.45) is 0. The predicted molar refractivity (Wildman–Crippen MR) is 75.7 cm³/mol. The van der Waals surface area contributed by atoms with Gasteiger partial charge in [-0.05, 0) is 0 Å². The molecule has 0 spiro atoms. The number of hydrogen-bond acceptors (Lipinski definition) is 7. The van der Waals surface area contributed by atoms with E-state index in [1.54, 1.807) is 7.05 Å². The van der Waals surface area contributed by atoms with Crippen molar-refractivity contribution in [2.24, 2.45) is 0 Å². The highest BCUT2D eigenvalue weighted by Gasteiger charge is 2.16. The van der Waals surface area contributed by atoms with Gasteiger partial charge < -0.3 is 21.1 Å². The van der Waals surface area contributed by atoms with E-state index in [2.05, 4.69) is 20.5 Å². The van der Waals surface area contributed by atoms with Gasteiger partial charge in [0, 0.05) is 33.2 Å². The number of amides is 1. The fourth-order valence-electron chi connectivity index (χ4n) is 1.83. The largest absolute Gasteiger partial charge is 0.382 e. The molecule has 0 radical (unpaired) electrons. The summed E-state index contributed by atoms with van der Waals surface area (Å²) in [6.45, 7) is 4.80. The molecule has 0 aromatic carbocycles. The number of anilines is 2. The Balaban J connectivity index is 1.78. The number of thiazole rings is 1. The summed E-state index contributed by atoms with van der Waals surface area (Å²) >= 11 is 1.26. The molecule has 1 aliphatic rings. The van der Waals surface area contributed by atoms with Crippen LogP contribution in [-0.4, -0.2) is 62.2 Å². The molecular weight excluding hydrogens is 266 g/mol. The molecule has 1 fully saturated rings. The zero-order valence-electron chi connectivity index (χ0n) is 10.9. The summed E-state index contributed by atoms with van der Waals surface area (Å²) < 4.78 is 5.27. The van der Waals surface area contributed by atoms with E-state index in [1.165, 1.54) is 11.3 Å². The molecule has 0 saturated carbocycles. The Hall–Kier alpha value is -1.38. The summed E-state index contributed by atoms with van der Waals surface area (Å²) in [5.74, 6) is 0.114. The van der Waals surface area contributed by atoms with Gasteiger partial charge in [-0.2, -0.15) is 0 Å². The molecule has 7 nitrogen and oxygen atoms in total. The lowest BCUT2D eigenvalue weighted by Crippen LogP contribution is -2.41. The molecule has 1 aromatic heterocycles. The van der Waals surface area contributed by atoms with Crippen LogP contribution in [0.4, 0.5) is 10.9 Å². The number of hydrogen-bond donors (Lipinski definition) is 3. The number of rotatable bonds is 5. The number of carbonyl (C=O) groups is 1. The topological polar surface area (TPSA) is 92.5 Å². The molecule has 1 amide bonds. The molecule has 0 bridgehead atoms. The van der Waals surface area contributed by atoms with Gasteiger partial charge in [0.15, 0.2) is 5.13 Å². The highest BCUT2D eigenvalue weighted by atomic mass is 32.1. The van der Waals surface area contributed by atoms with Crippen molar-refractivity contribution in [1.82, 2.24) is 15.2 Å². The van der Waals surface area contributed by atoms with E-state index >= 15 is 0 Å². The zero-order chi connectivity index (χ0) is 13.7. The minimum absolute atomic E-state index is 0.162. The Morgan fingerprint density at radius 1 is 1.53 bits per heavy atom. The molecule has 1 aromatic rings. The summed E-state index contributed by atoms with van der Waals surface area (Å²) in [5, 5.41) is 6.39. The molecule has 4 N–H and O–H groups in total. The van der Waals surface area contributed by atoms with Gasteiger partial charge in [0.2, 0.25) is 0 Å². The van der Waals surface area contributed by atoms with Crippen LogP contribution in [0.15, 0.2) is 0 Å². The fourth-order valence-corrected chi connectivity index (χ4v) is 2.59. The molecule has 1 aliphatic heterocycles. The minimum atomic E-state index is -0.162. The maximum atomic E-state index is 11.9. The van der Waals surface area contributed by atoms with E-state index < -0.39 is 0 Å². The lowest BCUT2D eigenvalue weighted by atomic mass is 10.4. The molecule has 2 rings (SSSR count). The Morgan fingerprint density at radius 3 is 2.89 bits per heavy atom. The Bertz CT molecular complexity index is 431. The van der Waals surface area contributed by atoms with Gasteiger partial charge in [0.05, 0.1) is 13.2 Å². The van der Waals surface area contributed by atoms with Crippen LogP contribution in [0, 0.1) is 0 Å². The molecule has 8 heteroatoms. The molecular formula is C11H19N5O2S. The summed E-state index contributed by atoms with van der Waals surface area (Å²) in [7, 11) is 1.75. The third kappa shape index (κ3) is 3.79. The molecule has 0 atom stereocenters. The van der Waals surface area contributed by atoms with E-state index in [0.29, 0.717) is 16.6 Å². The summed E-state index contributed by atoms with van der Waals surface area (Å²) in [6, 6.07) is 0. The van der Waals surface area contributed by atoms with Crippen LogP contribution in [0.1, 0.15) is 9.67 Å². The first kappa shape index (κ1) is 14.0. The molecule has 0 aliphatic carbocycles. The van der Waals surface area contributed by atoms with Crippen LogP contribution < -0.4 is 16.4 Å². The molecule has 2 heterocycles. The fraction of sp³-hybridized carbons (Fsp3) is 0.636. The maximum Gasteiger partial charge on any atom is 0.265 e. The number of ether oxygens (including phenoxy) is 1. The second-order valence-corrected chi connectivity index (χ2v) is 5.19. The van der Waals surface area contributed by atoms with Gasteiger partial charge in [-0.25, -0.2) is 4.98 Å². The average Bonchev–Trinajstić information content (AvgIpc) is 2.81. The van der Waals surface area contributed by atoms with Crippen molar-refractivity contribution in [3.8, 4) is 0 Å². The van der Waals surface area contributed by atoms with Crippen molar-refractivity contribution in [2.75, 3.05) is 57.5 Å². The summed E-state index contributed by atoms with van der Waals surface area (Å²) in [5.41, 5.74) is 5.70. The first-order valence-corrected chi connectivity index (χ1v) is 7.04. The predicted octanol–water partition coefficient (Wildman–Crippen LogP) is -0.171. The van der Waals surface area contributed by atoms with Crippen molar-refractivity contribution >= 4 is 28.2 Å². The van der Waals surface area contributed by atoms with E-state index in [9.17, 15) is 4.79 Å². The van der Waals surface area contributed by atoms with E-state index in [0.717, 1.165) is 32.8 Å². The van der Waals surface area contributed by atoms with Crippen molar-refractivity contribution < 1.29 is 9.53 Å². The van der Waals surface area contributed by atoms with E-state index in [4.69, 9.17) is 10.5 Å². The summed E-state index contributed by atoms with van der Waals surface area (Å²) in [4.78, 5) is 18.7. The lowest BCUT2D eigenvalue weighted by molar-refractivity contribution is 0.0383. The second kappa shape index (κ2) is 6.69. The molecule has 106 valence electrons. The highest BCUT2D eigenvalue weighted by molar-refractivity contribution is 7.18. The monoisotopic (exact) mass is 285 g/mol. The first-order valence-electron chi connectivity index (χ1n) is 6.23. The van der Waals surface area contributed by atoms with Crippen LogP contribution >= 0.6 is 11.3 Å². The minimum Gasteiger partial charge on any atom is -0.382 e. The SMILES string of the molecule is CNc1nc(N)c(C(=O)NCCN2CCOCC2)s1. The van der Waals surface area contributed by atoms with Gasteiger partial charge in [-0.1, -0.05) is 11.3 Å². The Morgan fingerprint density at radius 2 is 2.26 bits per heavy atom. The number of nitrogens with one attached hydrogen (secondary N) is 2. The smallest absolute Gasteiger partial charge is 0.265 e. The lowest BCUT2D eigenvalue weighted by Gasteiger charge is -2.26. The molecule has 1 saturated heterocycles. The number of carbonyl (C=O) groups excluding carboxylic acids is 1. The number of nitrogens with zero attached hydrogens (tertiary/aromatic N) is 2. The standard InChI is InChI=1S/C11H19N5O2S/c1-13-11-15-9(12)8(19-11)10(17)14-2-3-16-4-6-18-7-5-16/h2-7,12H2,1H3,(H,13,15)(H,14,17). The van der Waals surface area contributed by atoms with Crippen LogP contribution in [0.25, 0.3) is 0 Å². The highest BCUT2D eigenvalue weighted by Crippen LogP contribution is 2.23. The van der Waals surface area contributed by atoms with Crippen molar-refractivity contribution in [2.45, 2.75) is 0 Å². The van der Waals surface area contributed by atoms with Gasteiger partial charge in [-0.3, -0.25) is 9.69 Å². The van der Waals surface area contributed by atoms with E-state index in [-0.39, 0.29) is 11.7 Å². The first-order chi connectivity index (χ1) is 9.20. The number of aromatic nitrogens is 1. The van der Waals surface area contributed by atoms with Crippen LogP contribution in [-0.2, 0) is 4.74 Å². The van der Waals surface area contributed by atoms with Crippen LogP contribution in [0.3, 0.4) is 0 Å². The van der Waals surface area contributed by atoms with Crippen LogP contribution in [0.2, 0.25) is 0 Å². The third-order valence-corrected chi connectivity index (χ3v) is 3.98. The maximum absolute atomic E-state index is 11.9.